The standard InChI is InChI=1S/C15H20N4O2.ClH/c1-10(17-14(20)15(2,3)9-16)12-18-13(21-19-12)11-7-5-4-6-8-11;/h4-8,10H,9,16H2,1-3H3,(H,17,20);1H. The Kier molecular flexibility index (Phi) is 6.08. The second kappa shape index (κ2) is 7.38. The third kappa shape index (κ3) is 4.05. The minimum Gasteiger partial charge on any atom is -0.346 e. The number of nitrogens with zero attached hydrogens (tertiary/aromatic N) is 2. The van der Waals surface area contributed by atoms with Gasteiger partial charge in [-0.15, -0.1) is 12.4 Å². The van der Waals surface area contributed by atoms with Gasteiger partial charge < -0.3 is 15.6 Å². The van der Waals surface area contributed by atoms with E-state index >= 15 is 0 Å². The van der Waals surface area contributed by atoms with E-state index in [1.54, 1.807) is 13.8 Å². The van der Waals surface area contributed by atoms with Gasteiger partial charge in [0, 0.05) is 12.1 Å². The third-order valence-corrected chi connectivity index (χ3v) is 3.32. The number of nitrogens with two attached hydrogens (primary N) is 1. The largest absolute Gasteiger partial charge is 0.346 e. The van der Waals surface area contributed by atoms with E-state index in [-0.39, 0.29) is 30.9 Å². The summed E-state index contributed by atoms with van der Waals surface area (Å²) in [6.07, 6.45) is 0. The van der Waals surface area contributed by atoms with Crippen LogP contribution in [0.4, 0.5) is 0 Å². The van der Waals surface area contributed by atoms with E-state index in [0.717, 1.165) is 5.56 Å². The fraction of sp³-hybridized carbons (Fsp3) is 0.400. The van der Waals surface area contributed by atoms with Crippen molar-refractivity contribution in [3.8, 4) is 11.5 Å². The Balaban J connectivity index is 0.00000242. The summed E-state index contributed by atoms with van der Waals surface area (Å²) in [7, 11) is 0. The van der Waals surface area contributed by atoms with E-state index in [4.69, 9.17) is 10.3 Å². The number of halogens is 1. The Morgan fingerprint density at radius 2 is 2.00 bits per heavy atom. The van der Waals surface area contributed by atoms with Gasteiger partial charge in [-0.2, -0.15) is 4.98 Å². The molecular formula is C15H21ClN4O2. The fourth-order valence-corrected chi connectivity index (χ4v) is 1.66. The molecule has 3 N–H and O–H groups in total. The molecule has 0 fully saturated rings. The van der Waals surface area contributed by atoms with Crippen LogP contribution in [0, 0.1) is 5.41 Å². The van der Waals surface area contributed by atoms with E-state index in [2.05, 4.69) is 15.5 Å². The first-order chi connectivity index (χ1) is 9.94. The minimum atomic E-state index is -0.625. The molecule has 0 spiro atoms. The average molecular weight is 325 g/mol. The molecule has 0 saturated carbocycles. The number of hydrogen-bond donors (Lipinski definition) is 2. The molecule has 22 heavy (non-hydrogen) atoms. The number of carbonyl (C=O) groups is 1. The van der Waals surface area contributed by atoms with Crippen LogP contribution in [0.5, 0.6) is 0 Å². The smallest absolute Gasteiger partial charge is 0.257 e. The van der Waals surface area contributed by atoms with Crippen molar-refractivity contribution < 1.29 is 9.32 Å². The molecule has 1 aromatic heterocycles. The van der Waals surface area contributed by atoms with Gasteiger partial charge in [0.2, 0.25) is 5.91 Å². The van der Waals surface area contributed by atoms with Crippen molar-refractivity contribution in [3.05, 3.63) is 36.2 Å². The van der Waals surface area contributed by atoms with Crippen LogP contribution in [0.3, 0.4) is 0 Å². The molecule has 0 bridgehead atoms. The molecule has 0 radical (unpaired) electrons. The lowest BCUT2D eigenvalue weighted by Crippen LogP contribution is -2.42. The summed E-state index contributed by atoms with van der Waals surface area (Å²) in [5.74, 6) is 0.739. The molecule has 1 aromatic carbocycles. The van der Waals surface area contributed by atoms with E-state index in [9.17, 15) is 4.79 Å². The molecule has 0 aliphatic rings. The van der Waals surface area contributed by atoms with Crippen LogP contribution in [-0.2, 0) is 4.79 Å². The first kappa shape index (κ1) is 18.1. The van der Waals surface area contributed by atoms with Crippen molar-refractivity contribution in [2.24, 2.45) is 11.1 Å². The fourth-order valence-electron chi connectivity index (χ4n) is 1.66. The zero-order chi connectivity index (χ0) is 15.5. The van der Waals surface area contributed by atoms with Gasteiger partial charge in [-0.05, 0) is 32.9 Å². The number of hydrogen-bond acceptors (Lipinski definition) is 5. The van der Waals surface area contributed by atoms with Gasteiger partial charge in [0.15, 0.2) is 5.82 Å². The topological polar surface area (TPSA) is 94.0 Å². The zero-order valence-corrected chi connectivity index (χ0v) is 13.7. The number of rotatable bonds is 5. The molecule has 2 aromatic rings. The minimum absolute atomic E-state index is 0. The molecule has 120 valence electrons. The number of carbonyl (C=O) groups excluding carboxylic acids is 1. The molecule has 1 amide bonds. The lowest BCUT2D eigenvalue weighted by atomic mass is 9.92. The third-order valence-electron chi connectivity index (χ3n) is 3.32. The molecule has 0 aliphatic carbocycles. The maximum Gasteiger partial charge on any atom is 0.257 e. The van der Waals surface area contributed by atoms with Gasteiger partial charge in [-0.1, -0.05) is 23.4 Å². The van der Waals surface area contributed by atoms with Crippen LogP contribution < -0.4 is 11.1 Å². The van der Waals surface area contributed by atoms with Gasteiger partial charge in [0.25, 0.3) is 5.89 Å². The van der Waals surface area contributed by atoms with Crippen LogP contribution in [0.2, 0.25) is 0 Å². The second-order valence-electron chi connectivity index (χ2n) is 5.61. The van der Waals surface area contributed by atoms with Gasteiger partial charge in [0.05, 0.1) is 11.5 Å². The number of amides is 1. The number of aromatic nitrogens is 2. The molecule has 2 rings (SSSR count). The molecule has 0 aliphatic heterocycles. The quantitative estimate of drug-likeness (QED) is 0.880. The Hall–Kier alpha value is -1.92. The predicted molar refractivity (Wildman–Crippen MR) is 86.4 cm³/mol. The second-order valence-corrected chi connectivity index (χ2v) is 5.61. The van der Waals surface area contributed by atoms with E-state index in [1.165, 1.54) is 0 Å². The van der Waals surface area contributed by atoms with Crippen molar-refractivity contribution in [2.75, 3.05) is 6.54 Å². The Morgan fingerprint density at radius 3 is 2.59 bits per heavy atom. The summed E-state index contributed by atoms with van der Waals surface area (Å²) in [5.41, 5.74) is 5.81. The molecule has 6 nitrogen and oxygen atoms in total. The average Bonchev–Trinajstić information content (AvgIpc) is 2.98. The van der Waals surface area contributed by atoms with Crippen LogP contribution in [0.15, 0.2) is 34.9 Å². The van der Waals surface area contributed by atoms with Crippen molar-refractivity contribution in [3.63, 3.8) is 0 Å². The maximum atomic E-state index is 12.1. The first-order valence-corrected chi connectivity index (χ1v) is 6.84. The van der Waals surface area contributed by atoms with Gasteiger partial charge in [-0.25, -0.2) is 0 Å². The molecule has 7 heteroatoms. The SMILES string of the molecule is CC(NC(=O)C(C)(C)CN)c1noc(-c2ccccc2)n1.Cl. The summed E-state index contributed by atoms with van der Waals surface area (Å²) in [6, 6.07) is 9.14. The summed E-state index contributed by atoms with van der Waals surface area (Å²) in [4.78, 5) is 16.4. The Morgan fingerprint density at radius 1 is 1.36 bits per heavy atom. The van der Waals surface area contributed by atoms with Crippen molar-refractivity contribution >= 4 is 18.3 Å². The Bertz CT molecular complexity index is 613. The number of benzene rings is 1. The molecular weight excluding hydrogens is 304 g/mol. The van der Waals surface area contributed by atoms with Gasteiger partial charge >= 0.3 is 0 Å². The summed E-state index contributed by atoms with van der Waals surface area (Å²) < 4.78 is 5.23. The summed E-state index contributed by atoms with van der Waals surface area (Å²) >= 11 is 0. The Labute approximate surface area is 135 Å². The summed E-state index contributed by atoms with van der Waals surface area (Å²) in [5, 5.41) is 6.77. The van der Waals surface area contributed by atoms with Crippen molar-refractivity contribution in [2.45, 2.75) is 26.8 Å². The lowest BCUT2D eigenvalue weighted by Gasteiger charge is -2.23. The predicted octanol–water partition coefficient (Wildman–Crippen LogP) is 2.32. The lowest BCUT2D eigenvalue weighted by molar-refractivity contribution is -0.129. The normalized spacial score (nSPS) is 12.4. The van der Waals surface area contributed by atoms with Crippen LogP contribution >= 0.6 is 12.4 Å². The first-order valence-electron chi connectivity index (χ1n) is 6.84. The highest BCUT2D eigenvalue weighted by Crippen LogP contribution is 2.20. The zero-order valence-electron chi connectivity index (χ0n) is 12.9. The maximum absolute atomic E-state index is 12.1. The van der Waals surface area contributed by atoms with Crippen LogP contribution in [0.25, 0.3) is 11.5 Å². The van der Waals surface area contributed by atoms with Crippen LogP contribution in [0.1, 0.15) is 32.6 Å². The molecule has 1 unspecified atom stereocenters. The van der Waals surface area contributed by atoms with Crippen LogP contribution in [-0.4, -0.2) is 22.6 Å². The van der Waals surface area contributed by atoms with E-state index in [0.29, 0.717) is 11.7 Å². The van der Waals surface area contributed by atoms with Gasteiger partial charge in [0.1, 0.15) is 0 Å². The number of nitrogens with one attached hydrogen (secondary N) is 1. The van der Waals surface area contributed by atoms with E-state index < -0.39 is 5.41 Å². The van der Waals surface area contributed by atoms with Crippen molar-refractivity contribution in [1.29, 1.82) is 0 Å². The highest BCUT2D eigenvalue weighted by atomic mass is 35.5. The molecule has 1 atom stereocenters. The molecule has 1 heterocycles. The highest BCUT2D eigenvalue weighted by molar-refractivity contribution is 5.85. The molecule has 0 saturated heterocycles. The van der Waals surface area contributed by atoms with E-state index in [1.807, 2.05) is 37.3 Å². The van der Waals surface area contributed by atoms with Crippen molar-refractivity contribution in [1.82, 2.24) is 15.5 Å². The highest BCUT2D eigenvalue weighted by Gasteiger charge is 2.28. The van der Waals surface area contributed by atoms with Gasteiger partial charge in [-0.3, -0.25) is 4.79 Å². The summed E-state index contributed by atoms with van der Waals surface area (Å²) in [6.45, 7) is 5.67. The monoisotopic (exact) mass is 324 g/mol.